The second-order valence-corrected chi connectivity index (χ2v) is 5.08. The number of para-hydroxylation sites is 1. The normalized spacial score (nSPS) is 12.8. The monoisotopic (exact) mass is 215 g/mol. The van der Waals surface area contributed by atoms with E-state index in [0.29, 0.717) is 0 Å². The highest BCUT2D eigenvalue weighted by Gasteiger charge is 2.21. The summed E-state index contributed by atoms with van der Waals surface area (Å²) in [5.41, 5.74) is 0.798. The Morgan fingerprint density at radius 2 is 1.71 bits per heavy atom. The molecular weight excluding hydrogens is 202 g/mol. The van der Waals surface area contributed by atoms with Crippen LogP contribution < -0.4 is 4.48 Å². The maximum absolute atomic E-state index is 10.6. The van der Waals surface area contributed by atoms with Gasteiger partial charge in [0.1, 0.15) is 15.8 Å². The van der Waals surface area contributed by atoms with Gasteiger partial charge in [-0.2, -0.15) is 0 Å². The molecule has 0 saturated carbocycles. The molecule has 0 aromatic heterocycles. The Morgan fingerprint density at radius 1 is 1.21 bits per heavy atom. The Kier molecular flexibility index (Phi) is 2.94. The van der Waals surface area contributed by atoms with Gasteiger partial charge in [0.25, 0.3) is 0 Å². The minimum atomic E-state index is -4.21. The number of hydrogen-bond donors (Lipinski definition) is 0. The summed E-state index contributed by atoms with van der Waals surface area (Å²) in [4.78, 5) is 0. The predicted molar refractivity (Wildman–Crippen MR) is 54.6 cm³/mol. The Balaban J connectivity index is 2.97. The van der Waals surface area contributed by atoms with Crippen LogP contribution in [0.1, 0.15) is 0 Å². The summed E-state index contributed by atoms with van der Waals surface area (Å²) in [5, 5.41) is 0. The van der Waals surface area contributed by atoms with Crippen LogP contribution in [0.4, 0.5) is 5.69 Å². The van der Waals surface area contributed by atoms with E-state index in [2.05, 4.69) is 0 Å². The molecule has 0 bridgehead atoms. The van der Waals surface area contributed by atoms with Crippen molar-refractivity contribution in [3.05, 3.63) is 30.3 Å². The van der Waals surface area contributed by atoms with Crippen molar-refractivity contribution in [2.75, 3.05) is 20.0 Å². The second kappa shape index (κ2) is 3.68. The van der Waals surface area contributed by atoms with E-state index in [1.165, 1.54) is 0 Å². The van der Waals surface area contributed by atoms with Crippen molar-refractivity contribution in [1.29, 1.82) is 0 Å². The number of nitrogens with zero attached hydrogens (tertiary/aromatic N) is 1. The second-order valence-electron chi connectivity index (χ2n) is 3.71. The first-order valence-electron chi connectivity index (χ1n) is 4.13. The van der Waals surface area contributed by atoms with E-state index in [9.17, 15) is 13.0 Å². The quantitative estimate of drug-likeness (QED) is 0.552. The van der Waals surface area contributed by atoms with E-state index in [0.717, 1.165) is 5.69 Å². The van der Waals surface area contributed by atoms with Crippen LogP contribution in [-0.4, -0.2) is 32.9 Å². The number of benzene rings is 1. The molecule has 0 fully saturated rings. The molecule has 0 N–H and O–H groups in total. The summed E-state index contributed by atoms with van der Waals surface area (Å²) in [6, 6.07) is 9.06. The minimum Gasteiger partial charge on any atom is -0.744 e. The molecule has 0 aliphatic carbocycles. The first-order chi connectivity index (χ1) is 6.31. The zero-order valence-electron chi connectivity index (χ0n) is 8.17. The fraction of sp³-hybridized carbons (Fsp3) is 0.333. The van der Waals surface area contributed by atoms with Crippen LogP contribution in [0.15, 0.2) is 30.3 Å². The van der Waals surface area contributed by atoms with Crippen LogP contribution in [0.2, 0.25) is 0 Å². The Hall–Kier alpha value is -0.910. The van der Waals surface area contributed by atoms with E-state index in [-0.39, 0.29) is 4.48 Å². The van der Waals surface area contributed by atoms with Gasteiger partial charge in [-0.05, 0) is 12.1 Å². The Bertz CT molecular complexity index is 397. The molecule has 1 aromatic rings. The lowest BCUT2D eigenvalue weighted by molar-refractivity contribution is 0.402. The number of rotatable bonds is 3. The molecule has 14 heavy (non-hydrogen) atoms. The van der Waals surface area contributed by atoms with Crippen molar-refractivity contribution < 1.29 is 13.0 Å². The van der Waals surface area contributed by atoms with Gasteiger partial charge in [0, 0.05) is 0 Å². The van der Waals surface area contributed by atoms with Gasteiger partial charge in [-0.1, -0.05) is 18.2 Å². The molecule has 5 heteroatoms. The van der Waals surface area contributed by atoms with E-state index >= 15 is 0 Å². The molecular formula is C9H13NO3S. The van der Waals surface area contributed by atoms with E-state index in [1.807, 2.05) is 18.2 Å². The van der Waals surface area contributed by atoms with Gasteiger partial charge in [-0.3, -0.25) is 4.48 Å². The number of hydrogen-bond acceptors (Lipinski definition) is 3. The lowest BCUT2D eigenvalue weighted by Crippen LogP contribution is -2.44. The summed E-state index contributed by atoms with van der Waals surface area (Å²) in [5.74, 6) is -0.434. The van der Waals surface area contributed by atoms with Crippen LogP contribution >= 0.6 is 0 Å². The molecule has 0 unspecified atom stereocenters. The van der Waals surface area contributed by atoms with Gasteiger partial charge in [0.05, 0.1) is 14.1 Å². The molecule has 1 aromatic carbocycles. The lowest BCUT2D eigenvalue weighted by Gasteiger charge is -2.29. The van der Waals surface area contributed by atoms with Crippen LogP contribution in [-0.2, 0) is 10.1 Å². The Morgan fingerprint density at radius 3 is 2.14 bits per heavy atom. The molecule has 0 spiro atoms. The molecule has 0 aliphatic rings. The van der Waals surface area contributed by atoms with E-state index in [1.54, 1.807) is 26.2 Å². The van der Waals surface area contributed by atoms with Crippen LogP contribution in [0, 0.1) is 0 Å². The third kappa shape index (κ3) is 3.10. The van der Waals surface area contributed by atoms with Crippen molar-refractivity contribution in [3.8, 4) is 0 Å². The average molecular weight is 215 g/mol. The third-order valence-electron chi connectivity index (χ3n) is 1.94. The summed E-state index contributed by atoms with van der Waals surface area (Å²) >= 11 is 0. The van der Waals surface area contributed by atoms with E-state index in [4.69, 9.17) is 0 Å². The van der Waals surface area contributed by atoms with Gasteiger partial charge in [-0.15, -0.1) is 0 Å². The zero-order valence-corrected chi connectivity index (χ0v) is 8.99. The molecule has 1 rings (SSSR count). The largest absolute Gasteiger partial charge is 0.744 e. The van der Waals surface area contributed by atoms with Gasteiger partial charge >= 0.3 is 0 Å². The molecule has 0 saturated heterocycles. The van der Waals surface area contributed by atoms with Gasteiger partial charge in [0.15, 0.2) is 5.88 Å². The van der Waals surface area contributed by atoms with Gasteiger partial charge in [-0.25, -0.2) is 8.42 Å². The molecule has 0 radical (unpaired) electrons. The van der Waals surface area contributed by atoms with Gasteiger partial charge in [0.2, 0.25) is 0 Å². The van der Waals surface area contributed by atoms with Gasteiger partial charge < -0.3 is 4.55 Å². The minimum absolute atomic E-state index is 0.0483. The fourth-order valence-corrected chi connectivity index (χ4v) is 2.24. The maximum Gasteiger partial charge on any atom is 0.173 e. The van der Waals surface area contributed by atoms with Crippen molar-refractivity contribution in [3.63, 3.8) is 0 Å². The topological polar surface area (TPSA) is 57.2 Å². The first kappa shape index (κ1) is 11.2. The average Bonchev–Trinajstić information content (AvgIpc) is 2.01. The van der Waals surface area contributed by atoms with Crippen LogP contribution in [0.3, 0.4) is 0 Å². The SMILES string of the molecule is C[N+](C)(CS(=O)(=O)[O-])c1ccccc1. The maximum atomic E-state index is 10.6. The molecule has 78 valence electrons. The standard InChI is InChI=1S/C9H13NO3S/c1-10(2,8-14(11,12)13)9-6-4-3-5-7-9/h3-7H,8H2,1-2H3. The zero-order chi connectivity index (χ0) is 10.8. The van der Waals surface area contributed by atoms with Crippen molar-refractivity contribution in [2.45, 2.75) is 0 Å². The summed E-state index contributed by atoms with van der Waals surface area (Å²) < 4.78 is 32.0. The molecule has 4 nitrogen and oxygen atoms in total. The van der Waals surface area contributed by atoms with Crippen molar-refractivity contribution in [2.24, 2.45) is 0 Å². The van der Waals surface area contributed by atoms with E-state index < -0.39 is 16.0 Å². The predicted octanol–water partition coefficient (Wildman–Crippen LogP) is 0.756. The molecule has 0 heterocycles. The first-order valence-corrected chi connectivity index (χ1v) is 5.71. The smallest absolute Gasteiger partial charge is 0.173 e. The highest BCUT2D eigenvalue weighted by Crippen LogP contribution is 2.18. The van der Waals surface area contributed by atoms with Crippen molar-refractivity contribution >= 4 is 15.8 Å². The molecule has 0 aliphatic heterocycles. The summed E-state index contributed by atoms with van der Waals surface area (Å²) in [6.45, 7) is 0. The highest BCUT2D eigenvalue weighted by atomic mass is 32.2. The summed E-state index contributed by atoms with van der Waals surface area (Å²) in [7, 11) is -0.837. The van der Waals surface area contributed by atoms with Crippen molar-refractivity contribution in [1.82, 2.24) is 4.48 Å². The van der Waals surface area contributed by atoms with Crippen LogP contribution in [0.5, 0.6) is 0 Å². The summed E-state index contributed by atoms with van der Waals surface area (Å²) in [6.07, 6.45) is 0. The third-order valence-corrected chi connectivity index (χ3v) is 2.90. The Labute approximate surface area is 84.1 Å². The molecule has 0 atom stereocenters. The lowest BCUT2D eigenvalue weighted by atomic mass is 10.3. The highest BCUT2D eigenvalue weighted by molar-refractivity contribution is 7.85. The molecule has 0 amide bonds. The van der Waals surface area contributed by atoms with Crippen LogP contribution in [0.25, 0.3) is 0 Å². The number of quaternary nitrogens is 1. The fourth-order valence-electron chi connectivity index (χ4n) is 1.30.